The third-order valence-electron chi connectivity index (χ3n) is 3.95. The molecule has 8 heteroatoms. The minimum Gasteiger partial charge on any atom is -0.376 e. The van der Waals surface area contributed by atoms with Crippen molar-refractivity contribution in [2.75, 3.05) is 20.2 Å². The van der Waals surface area contributed by atoms with E-state index in [1.165, 1.54) is 5.56 Å². The topological polar surface area (TPSA) is 76.4 Å². The molecule has 0 spiro atoms. The van der Waals surface area contributed by atoms with E-state index in [1.54, 1.807) is 7.05 Å². The van der Waals surface area contributed by atoms with Gasteiger partial charge in [0.2, 0.25) is 0 Å². The minimum absolute atomic E-state index is 0. The van der Waals surface area contributed by atoms with Crippen molar-refractivity contribution < 1.29 is 4.74 Å². The molecule has 0 aliphatic carbocycles. The predicted octanol–water partition coefficient (Wildman–Crippen LogP) is 2.26. The van der Waals surface area contributed by atoms with Crippen molar-refractivity contribution >= 4 is 29.9 Å². The van der Waals surface area contributed by atoms with Crippen LogP contribution in [0.1, 0.15) is 24.1 Å². The summed E-state index contributed by atoms with van der Waals surface area (Å²) in [6.45, 7) is 6.78. The number of aliphatic imine (C=N–C) groups is 1. The van der Waals surface area contributed by atoms with Crippen molar-refractivity contribution in [2.24, 2.45) is 18.0 Å². The highest BCUT2D eigenvalue weighted by atomic mass is 127. The van der Waals surface area contributed by atoms with Crippen LogP contribution in [0.25, 0.3) is 0 Å². The second kappa shape index (κ2) is 11.8. The van der Waals surface area contributed by atoms with E-state index in [0.717, 1.165) is 24.2 Å². The molecular formula is C18H29IN6O. The molecule has 144 valence electrons. The van der Waals surface area contributed by atoms with E-state index < -0.39 is 0 Å². The van der Waals surface area contributed by atoms with Crippen LogP contribution in [-0.4, -0.2) is 40.9 Å². The molecule has 0 fully saturated rings. The van der Waals surface area contributed by atoms with Gasteiger partial charge in [-0.05, 0) is 18.4 Å². The van der Waals surface area contributed by atoms with Crippen LogP contribution < -0.4 is 10.6 Å². The highest BCUT2D eigenvalue weighted by Gasteiger charge is 2.07. The second-order valence-corrected chi connectivity index (χ2v) is 6.14. The Morgan fingerprint density at radius 1 is 1.23 bits per heavy atom. The third-order valence-corrected chi connectivity index (χ3v) is 3.95. The highest BCUT2D eigenvalue weighted by Crippen LogP contribution is 2.03. The first-order chi connectivity index (χ1) is 12.1. The van der Waals surface area contributed by atoms with Crippen LogP contribution in [-0.2, 0) is 24.9 Å². The molecule has 1 aromatic carbocycles. The van der Waals surface area contributed by atoms with Gasteiger partial charge < -0.3 is 19.9 Å². The Kier molecular flexibility index (Phi) is 10.2. The number of aromatic nitrogens is 3. The van der Waals surface area contributed by atoms with E-state index in [1.807, 2.05) is 36.7 Å². The number of rotatable bonds is 8. The maximum absolute atomic E-state index is 5.77. The number of nitrogens with zero attached hydrogens (tertiary/aromatic N) is 4. The van der Waals surface area contributed by atoms with Gasteiger partial charge in [0.1, 0.15) is 5.82 Å². The number of ether oxygens (including phenoxy) is 1. The fourth-order valence-corrected chi connectivity index (χ4v) is 2.27. The summed E-state index contributed by atoms with van der Waals surface area (Å²) in [5.41, 5.74) is 1.19. The van der Waals surface area contributed by atoms with Crippen molar-refractivity contribution in [1.82, 2.24) is 25.4 Å². The molecule has 0 saturated heterocycles. The average Bonchev–Trinajstić information content (AvgIpc) is 2.95. The van der Waals surface area contributed by atoms with Gasteiger partial charge >= 0.3 is 0 Å². The molecule has 2 N–H and O–H groups in total. The summed E-state index contributed by atoms with van der Waals surface area (Å²) < 4.78 is 7.73. The number of benzene rings is 1. The zero-order valence-corrected chi connectivity index (χ0v) is 18.2. The van der Waals surface area contributed by atoms with E-state index >= 15 is 0 Å². The number of hydrogen-bond donors (Lipinski definition) is 2. The first-order valence-electron chi connectivity index (χ1n) is 8.51. The maximum Gasteiger partial charge on any atom is 0.191 e. The van der Waals surface area contributed by atoms with Crippen molar-refractivity contribution in [2.45, 2.75) is 27.0 Å². The quantitative estimate of drug-likeness (QED) is 0.350. The molecule has 0 aliphatic rings. The summed E-state index contributed by atoms with van der Waals surface area (Å²) in [6, 6.07) is 10.2. The van der Waals surface area contributed by atoms with Crippen LogP contribution in [0.15, 0.2) is 35.3 Å². The van der Waals surface area contributed by atoms with E-state index in [4.69, 9.17) is 4.74 Å². The van der Waals surface area contributed by atoms with Gasteiger partial charge in [0.05, 0.1) is 19.8 Å². The molecule has 1 unspecified atom stereocenters. The molecule has 1 heterocycles. The normalized spacial score (nSPS) is 12.4. The summed E-state index contributed by atoms with van der Waals surface area (Å²) in [6.07, 6.45) is 0. The van der Waals surface area contributed by atoms with Gasteiger partial charge in [0, 0.05) is 20.6 Å². The zero-order valence-electron chi connectivity index (χ0n) is 15.9. The maximum atomic E-state index is 5.77. The fourth-order valence-electron chi connectivity index (χ4n) is 2.27. The van der Waals surface area contributed by atoms with Crippen LogP contribution in [0.3, 0.4) is 0 Å². The summed E-state index contributed by atoms with van der Waals surface area (Å²) in [4.78, 5) is 4.24. The molecule has 1 aromatic heterocycles. The fraction of sp³-hybridized carbons (Fsp3) is 0.500. The lowest BCUT2D eigenvalue weighted by Crippen LogP contribution is -2.40. The summed E-state index contributed by atoms with van der Waals surface area (Å²) >= 11 is 0. The third kappa shape index (κ3) is 7.28. The monoisotopic (exact) mass is 472 g/mol. The van der Waals surface area contributed by atoms with Crippen molar-refractivity contribution in [3.63, 3.8) is 0 Å². The molecule has 2 rings (SSSR count). The minimum atomic E-state index is 0. The number of nitrogens with one attached hydrogen (secondary N) is 2. The average molecular weight is 472 g/mol. The molecule has 0 saturated carbocycles. The molecular weight excluding hydrogens is 443 g/mol. The predicted molar refractivity (Wildman–Crippen MR) is 115 cm³/mol. The summed E-state index contributed by atoms with van der Waals surface area (Å²) in [5, 5.41) is 14.8. The van der Waals surface area contributed by atoms with E-state index in [9.17, 15) is 0 Å². The molecule has 0 bridgehead atoms. The van der Waals surface area contributed by atoms with E-state index in [2.05, 4.69) is 44.9 Å². The Labute approximate surface area is 172 Å². The Hall–Kier alpha value is -1.68. The molecule has 2 aromatic rings. The van der Waals surface area contributed by atoms with Crippen molar-refractivity contribution in [3.8, 4) is 0 Å². The standard InChI is InChI=1S/C18H28N6O.HI/c1-14(12-25-13-16-8-6-5-7-9-16)10-20-18(19-3)21-11-17-23-22-15(2)24(17)4;/h5-9,14H,10-13H2,1-4H3,(H2,19,20,21);1H. The lowest BCUT2D eigenvalue weighted by atomic mass is 10.2. The highest BCUT2D eigenvalue weighted by molar-refractivity contribution is 14.0. The summed E-state index contributed by atoms with van der Waals surface area (Å²) in [5.74, 6) is 2.89. The lowest BCUT2D eigenvalue weighted by Gasteiger charge is -2.16. The Morgan fingerprint density at radius 2 is 1.96 bits per heavy atom. The summed E-state index contributed by atoms with van der Waals surface area (Å²) in [7, 11) is 3.71. The first kappa shape index (κ1) is 22.4. The number of aryl methyl sites for hydroxylation is 1. The Morgan fingerprint density at radius 3 is 2.58 bits per heavy atom. The van der Waals surface area contributed by atoms with Gasteiger partial charge in [-0.25, -0.2) is 0 Å². The molecule has 0 radical (unpaired) electrons. The molecule has 1 atom stereocenters. The largest absolute Gasteiger partial charge is 0.376 e. The number of halogens is 1. The smallest absolute Gasteiger partial charge is 0.191 e. The molecule has 26 heavy (non-hydrogen) atoms. The molecule has 0 amide bonds. The van der Waals surface area contributed by atoms with Crippen LogP contribution in [0.4, 0.5) is 0 Å². The van der Waals surface area contributed by atoms with Crippen LogP contribution in [0.2, 0.25) is 0 Å². The van der Waals surface area contributed by atoms with E-state index in [0.29, 0.717) is 25.7 Å². The molecule has 7 nitrogen and oxygen atoms in total. The van der Waals surface area contributed by atoms with Crippen LogP contribution in [0.5, 0.6) is 0 Å². The SMILES string of the molecule is CN=C(NCc1nnc(C)n1C)NCC(C)COCc1ccccc1.I. The Bertz CT molecular complexity index is 674. The van der Waals surface area contributed by atoms with Gasteiger partial charge in [0.25, 0.3) is 0 Å². The van der Waals surface area contributed by atoms with Crippen LogP contribution >= 0.6 is 24.0 Å². The zero-order chi connectivity index (χ0) is 18.1. The van der Waals surface area contributed by atoms with Gasteiger partial charge in [0.15, 0.2) is 11.8 Å². The van der Waals surface area contributed by atoms with Gasteiger partial charge in [-0.3, -0.25) is 4.99 Å². The Balaban J connectivity index is 0.00000338. The second-order valence-electron chi connectivity index (χ2n) is 6.14. The number of guanidine groups is 1. The van der Waals surface area contributed by atoms with Gasteiger partial charge in [-0.2, -0.15) is 0 Å². The lowest BCUT2D eigenvalue weighted by molar-refractivity contribution is 0.0931. The van der Waals surface area contributed by atoms with Crippen LogP contribution in [0, 0.1) is 12.8 Å². The van der Waals surface area contributed by atoms with E-state index in [-0.39, 0.29) is 24.0 Å². The van der Waals surface area contributed by atoms with Gasteiger partial charge in [-0.15, -0.1) is 34.2 Å². The first-order valence-corrected chi connectivity index (χ1v) is 8.51. The van der Waals surface area contributed by atoms with Crippen molar-refractivity contribution in [1.29, 1.82) is 0 Å². The molecule has 0 aliphatic heterocycles. The van der Waals surface area contributed by atoms with Crippen molar-refractivity contribution in [3.05, 3.63) is 47.5 Å². The van der Waals surface area contributed by atoms with Gasteiger partial charge in [-0.1, -0.05) is 37.3 Å². The number of hydrogen-bond acceptors (Lipinski definition) is 4.